The van der Waals surface area contributed by atoms with E-state index in [-0.39, 0.29) is 11.8 Å². The van der Waals surface area contributed by atoms with Gasteiger partial charge in [0.15, 0.2) is 0 Å². The first-order valence-corrected chi connectivity index (χ1v) is 6.85. The average Bonchev–Trinajstić information content (AvgIpc) is 2.36. The number of anilines is 2. The molecule has 1 aromatic rings. The molecule has 0 aliphatic carbocycles. The Balaban J connectivity index is 2.34. The fraction of sp³-hybridized carbons (Fsp3) is 0.467. The first-order chi connectivity index (χ1) is 9.47. The molecule has 0 saturated carbocycles. The van der Waals surface area contributed by atoms with Gasteiger partial charge in [0, 0.05) is 37.8 Å². The summed E-state index contributed by atoms with van der Waals surface area (Å²) in [7, 11) is 0. The van der Waals surface area contributed by atoms with E-state index >= 15 is 0 Å². The third-order valence-electron chi connectivity index (χ3n) is 2.57. The van der Waals surface area contributed by atoms with Crippen molar-refractivity contribution in [3.05, 3.63) is 24.3 Å². The number of benzene rings is 1. The highest BCUT2D eigenvalue weighted by atomic mass is 16.2. The van der Waals surface area contributed by atoms with Crippen LogP contribution < -0.4 is 16.0 Å². The van der Waals surface area contributed by atoms with E-state index in [1.807, 2.05) is 24.3 Å². The number of nitrogens with one attached hydrogen (secondary N) is 3. The standard InChI is InChI=1S/C15H23N3O2/c1-11(2)10-17-15(20)7-8-16-13-5-4-6-14(9-13)18-12(3)19/h4-6,9,11,16H,7-8,10H2,1-3H3,(H,17,20)(H,18,19). The molecule has 5 nitrogen and oxygen atoms in total. The third-order valence-corrected chi connectivity index (χ3v) is 2.57. The van der Waals surface area contributed by atoms with Gasteiger partial charge in [-0.3, -0.25) is 9.59 Å². The summed E-state index contributed by atoms with van der Waals surface area (Å²) in [6, 6.07) is 7.42. The van der Waals surface area contributed by atoms with E-state index in [9.17, 15) is 9.59 Å². The van der Waals surface area contributed by atoms with E-state index in [1.54, 1.807) is 0 Å². The Kier molecular flexibility index (Phi) is 6.56. The van der Waals surface area contributed by atoms with Gasteiger partial charge in [0.1, 0.15) is 0 Å². The zero-order valence-corrected chi connectivity index (χ0v) is 12.3. The van der Waals surface area contributed by atoms with Gasteiger partial charge in [0.05, 0.1) is 0 Å². The summed E-state index contributed by atoms with van der Waals surface area (Å²) in [6.07, 6.45) is 0.428. The number of carbonyl (C=O) groups is 2. The van der Waals surface area contributed by atoms with E-state index in [1.165, 1.54) is 6.92 Å². The zero-order valence-electron chi connectivity index (χ0n) is 12.3. The van der Waals surface area contributed by atoms with E-state index < -0.39 is 0 Å². The van der Waals surface area contributed by atoms with Crippen molar-refractivity contribution in [3.8, 4) is 0 Å². The summed E-state index contributed by atoms with van der Waals surface area (Å²) in [5.41, 5.74) is 1.62. The molecule has 110 valence electrons. The predicted molar refractivity (Wildman–Crippen MR) is 81.7 cm³/mol. The first kappa shape index (κ1) is 16.0. The Bertz CT molecular complexity index is 458. The number of hydrogen-bond acceptors (Lipinski definition) is 3. The van der Waals surface area contributed by atoms with Crippen LogP contribution in [0, 0.1) is 5.92 Å². The lowest BCUT2D eigenvalue weighted by Gasteiger charge is -2.10. The normalized spacial score (nSPS) is 10.2. The summed E-state index contributed by atoms with van der Waals surface area (Å²) >= 11 is 0. The molecule has 0 fully saturated rings. The van der Waals surface area contributed by atoms with Crippen molar-refractivity contribution in [2.45, 2.75) is 27.2 Å². The molecule has 5 heteroatoms. The maximum absolute atomic E-state index is 11.5. The molecule has 3 N–H and O–H groups in total. The van der Waals surface area contributed by atoms with Crippen LogP contribution in [0.15, 0.2) is 24.3 Å². The van der Waals surface area contributed by atoms with Crippen LogP contribution in [-0.4, -0.2) is 24.9 Å². The Morgan fingerprint density at radius 3 is 2.55 bits per heavy atom. The van der Waals surface area contributed by atoms with Crippen molar-refractivity contribution in [1.82, 2.24) is 5.32 Å². The largest absolute Gasteiger partial charge is 0.384 e. The molecule has 0 saturated heterocycles. The second-order valence-corrected chi connectivity index (χ2v) is 5.14. The Hall–Kier alpha value is -2.04. The Morgan fingerprint density at radius 1 is 1.20 bits per heavy atom. The van der Waals surface area contributed by atoms with Gasteiger partial charge in [-0.05, 0) is 24.1 Å². The van der Waals surface area contributed by atoms with Crippen LogP contribution in [-0.2, 0) is 9.59 Å². The van der Waals surface area contributed by atoms with Crippen LogP contribution in [0.1, 0.15) is 27.2 Å². The molecule has 0 unspecified atom stereocenters. The van der Waals surface area contributed by atoms with Crippen LogP contribution >= 0.6 is 0 Å². The molecule has 0 spiro atoms. The van der Waals surface area contributed by atoms with Gasteiger partial charge in [-0.2, -0.15) is 0 Å². The zero-order chi connectivity index (χ0) is 15.0. The molecule has 0 atom stereocenters. The highest BCUT2D eigenvalue weighted by Gasteiger charge is 2.02. The Morgan fingerprint density at radius 2 is 1.90 bits per heavy atom. The van der Waals surface area contributed by atoms with Gasteiger partial charge in [-0.1, -0.05) is 19.9 Å². The molecular weight excluding hydrogens is 254 g/mol. The van der Waals surface area contributed by atoms with Crippen LogP contribution in [0.4, 0.5) is 11.4 Å². The van der Waals surface area contributed by atoms with Crippen molar-refractivity contribution in [2.24, 2.45) is 5.92 Å². The highest BCUT2D eigenvalue weighted by Crippen LogP contribution is 2.14. The van der Waals surface area contributed by atoms with Gasteiger partial charge in [0.25, 0.3) is 0 Å². The first-order valence-electron chi connectivity index (χ1n) is 6.85. The van der Waals surface area contributed by atoms with Crippen molar-refractivity contribution in [2.75, 3.05) is 23.7 Å². The predicted octanol–water partition coefficient (Wildman–Crippen LogP) is 2.22. The molecule has 0 aromatic heterocycles. The van der Waals surface area contributed by atoms with Crippen molar-refractivity contribution in [1.29, 1.82) is 0 Å². The lowest BCUT2D eigenvalue weighted by Crippen LogP contribution is -2.28. The van der Waals surface area contributed by atoms with Crippen LogP contribution in [0.3, 0.4) is 0 Å². The second kappa shape index (κ2) is 8.19. The average molecular weight is 277 g/mol. The minimum absolute atomic E-state index is 0.0456. The Labute approximate surface area is 120 Å². The maximum Gasteiger partial charge on any atom is 0.221 e. The molecule has 0 bridgehead atoms. The molecule has 0 radical (unpaired) electrons. The van der Waals surface area contributed by atoms with Gasteiger partial charge in [0.2, 0.25) is 11.8 Å². The van der Waals surface area contributed by atoms with E-state index in [0.29, 0.717) is 25.4 Å². The van der Waals surface area contributed by atoms with Gasteiger partial charge < -0.3 is 16.0 Å². The molecule has 1 aromatic carbocycles. The fourth-order valence-corrected chi connectivity index (χ4v) is 1.64. The summed E-state index contributed by atoms with van der Waals surface area (Å²) in [5, 5.41) is 8.75. The summed E-state index contributed by atoms with van der Waals surface area (Å²) in [4.78, 5) is 22.5. The molecule has 0 aliphatic heterocycles. The minimum atomic E-state index is -0.102. The number of rotatable bonds is 7. The fourth-order valence-electron chi connectivity index (χ4n) is 1.64. The molecule has 20 heavy (non-hydrogen) atoms. The molecule has 1 rings (SSSR count). The lowest BCUT2D eigenvalue weighted by atomic mass is 10.2. The summed E-state index contributed by atoms with van der Waals surface area (Å²) < 4.78 is 0. The molecular formula is C15H23N3O2. The minimum Gasteiger partial charge on any atom is -0.384 e. The van der Waals surface area contributed by atoms with E-state index in [4.69, 9.17) is 0 Å². The van der Waals surface area contributed by atoms with Gasteiger partial charge >= 0.3 is 0 Å². The molecule has 0 heterocycles. The molecule has 0 aliphatic rings. The topological polar surface area (TPSA) is 70.2 Å². The third kappa shape index (κ3) is 6.78. The van der Waals surface area contributed by atoms with Crippen LogP contribution in [0.2, 0.25) is 0 Å². The number of carbonyl (C=O) groups excluding carboxylic acids is 2. The van der Waals surface area contributed by atoms with Crippen LogP contribution in [0.5, 0.6) is 0 Å². The highest BCUT2D eigenvalue weighted by molar-refractivity contribution is 5.89. The summed E-state index contributed by atoms with van der Waals surface area (Å²) in [5.74, 6) is 0.403. The number of amides is 2. The number of hydrogen-bond donors (Lipinski definition) is 3. The van der Waals surface area contributed by atoms with Gasteiger partial charge in [-0.25, -0.2) is 0 Å². The SMILES string of the molecule is CC(=O)Nc1cccc(NCCC(=O)NCC(C)C)c1. The smallest absolute Gasteiger partial charge is 0.221 e. The lowest BCUT2D eigenvalue weighted by molar-refractivity contribution is -0.121. The van der Waals surface area contributed by atoms with Gasteiger partial charge in [-0.15, -0.1) is 0 Å². The van der Waals surface area contributed by atoms with E-state index in [2.05, 4.69) is 29.8 Å². The monoisotopic (exact) mass is 277 g/mol. The maximum atomic E-state index is 11.5. The van der Waals surface area contributed by atoms with E-state index in [0.717, 1.165) is 11.4 Å². The van der Waals surface area contributed by atoms with Crippen molar-refractivity contribution in [3.63, 3.8) is 0 Å². The van der Waals surface area contributed by atoms with Crippen LogP contribution in [0.25, 0.3) is 0 Å². The summed E-state index contributed by atoms with van der Waals surface area (Å²) in [6.45, 7) is 6.86. The van der Waals surface area contributed by atoms with Crippen molar-refractivity contribution < 1.29 is 9.59 Å². The van der Waals surface area contributed by atoms with Crippen molar-refractivity contribution >= 4 is 23.2 Å². The second-order valence-electron chi connectivity index (χ2n) is 5.14. The quantitative estimate of drug-likeness (QED) is 0.715. The molecule has 2 amide bonds.